The number of phosphoric ester groups is 1. The average molecular weight is 701 g/mol. The van der Waals surface area contributed by atoms with E-state index in [1.165, 1.54) is 32.1 Å². The summed E-state index contributed by atoms with van der Waals surface area (Å²) in [5.74, 6) is -0.971. The summed E-state index contributed by atoms with van der Waals surface area (Å²) in [7, 11) is -4.61. The van der Waals surface area contributed by atoms with Gasteiger partial charge >= 0.3 is 19.8 Å². The zero-order chi connectivity index (χ0) is 35.6. The molecule has 1 unspecified atom stereocenters. The van der Waals surface area contributed by atoms with Gasteiger partial charge in [-0.05, 0) is 51.4 Å². The number of phosphoric acid groups is 1. The zero-order valence-electron chi connectivity index (χ0n) is 29.7. The van der Waals surface area contributed by atoms with Crippen LogP contribution in [0.5, 0.6) is 0 Å². The summed E-state index contributed by atoms with van der Waals surface area (Å²) in [6, 6.07) is 0. The Morgan fingerprint density at radius 1 is 0.625 bits per heavy atom. The van der Waals surface area contributed by atoms with Gasteiger partial charge in [0.1, 0.15) is 12.7 Å². The molecule has 3 N–H and O–H groups in total. The summed E-state index contributed by atoms with van der Waals surface area (Å²) < 4.78 is 32.4. The Bertz CT molecular complexity index is 946. The van der Waals surface area contributed by atoms with Crippen LogP contribution in [0, 0.1) is 0 Å². The molecule has 278 valence electrons. The maximum atomic E-state index is 12.5. The molecule has 0 fully saturated rings. The van der Waals surface area contributed by atoms with E-state index >= 15 is 0 Å². The molecule has 0 heterocycles. The second kappa shape index (κ2) is 33.4. The number of esters is 2. The van der Waals surface area contributed by atoms with Crippen molar-refractivity contribution in [1.29, 1.82) is 0 Å². The highest BCUT2D eigenvalue weighted by Gasteiger charge is 2.27. The van der Waals surface area contributed by atoms with E-state index in [9.17, 15) is 24.2 Å². The molecule has 0 aliphatic heterocycles. The lowest BCUT2D eigenvalue weighted by atomic mass is 10.1. The molecule has 0 amide bonds. The highest BCUT2D eigenvalue weighted by molar-refractivity contribution is 7.47. The molecule has 0 rings (SSSR count). The van der Waals surface area contributed by atoms with Crippen LogP contribution in [0.1, 0.15) is 136 Å². The molecule has 11 heteroatoms. The van der Waals surface area contributed by atoms with Crippen molar-refractivity contribution in [1.82, 2.24) is 0 Å². The highest BCUT2D eigenvalue weighted by Crippen LogP contribution is 2.43. The smallest absolute Gasteiger partial charge is 0.462 e. The van der Waals surface area contributed by atoms with Crippen LogP contribution < -0.4 is 0 Å². The first-order valence-electron chi connectivity index (χ1n) is 18.1. The lowest BCUT2D eigenvalue weighted by Crippen LogP contribution is -2.29. The van der Waals surface area contributed by atoms with E-state index in [4.69, 9.17) is 19.1 Å². The fourth-order valence-electron chi connectivity index (χ4n) is 4.39. The van der Waals surface area contributed by atoms with Crippen LogP contribution >= 0.6 is 7.82 Å². The Balaban J connectivity index is 4.44. The van der Waals surface area contributed by atoms with Gasteiger partial charge < -0.3 is 24.6 Å². The number of hydrogen-bond donors (Lipinski definition) is 3. The van der Waals surface area contributed by atoms with Gasteiger partial charge in [-0.2, -0.15) is 0 Å². The molecule has 0 aromatic heterocycles. The molecule has 0 aromatic rings. The standard InChI is InChI=1S/C37H65O10P/c1-3-5-7-9-11-13-14-15-16-17-18-19-20-21-23-25-27-29-37(41)47-35(33-46-48(42,43)45-31-34(39)30-38)32-44-36(40)28-26-24-22-12-10-8-6-4-2/h7,9,13-14,16-17,19-20,34-35,38-39H,3-6,8,10-12,15,18,21-33H2,1-2H3,(H,42,43)/b9-7+,14-13+,17-16+,20-19+/t34-,35+/m0/s1. The molecular weight excluding hydrogens is 635 g/mol. The Hall–Kier alpha value is -2.07. The van der Waals surface area contributed by atoms with Crippen molar-refractivity contribution in [3.63, 3.8) is 0 Å². The Morgan fingerprint density at radius 3 is 1.71 bits per heavy atom. The minimum absolute atomic E-state index is 0.146. The van der Waals surface area contributed by atoms with Crippen LogP contribution in [0.2, 0.25) is 0 Å². The van der Waals surface area contributed by atoms with Crippen LogP contribution in [0.15, 0.2) is 48.6 Å². The number of aliphatic hydroxyl groups excluding tert-OH is 2. The third-order valence-electron chi connectivity index (χ3n) is 7.22. The van der Waals surface area contributed by atoms with Gasteiger partial charge in [0.2, 0.25) is 0 Å². The summed E-state index contributed by atoms with van der Waals surface area (Å²) in [5.41, 5.74) is 0. The maximum Gasteiger partial charge on any atom is 0.472 e. The highest BCUT2D eigenvalue weighted by atomic mass is 31.2. The summed E-state index contributed by atoms with van der Waals surface area (Å²) >= 11 is 0. The number of ether oxygens (including phenoxy) is 2. The van der Waals surface area contributed by atoms with Crippen LogP contribution in [0.3, 0.4) is 0 Å². The van der Waals surface area contributed by atoms with Crippen molar-refractivity contribution in [2.75, 3.05) is 26.4 Å². The predicted octanol–water partition coefficient (Wildman–Crippen LogP) is 8.60. The second-order valence-electron chi connectivity index (χ2n) is 11.9. The number of allylic oxidation sites excluding steroid dienone is 8. The van der Waals surface area contributed by atoms with Crippen molar-refractivity contribution >= 4 is 19.8 Å². The van der Waals surface area contributed by atoms with E-state index in [2.05, 4.69) is 67.0 Å². The SMILES string of the molecule is CCC/C=C/C/C=C/C/C=C/C/C=C/CCCCCC(=O)O[C@H](COC(=O)CCCCCCCCCC)COP(=O)(O)OC[C@@H](O)CO. The van der Waals surface area contributed by atoms with Gasteiger partial charge in [0, 0.05) is 12.8 Å². The molecule has 10 nitrogen and oxygen atoms in total. The summed E-state index contributed by atoms with van der Waals surface area (Å²) in [6.45, 7) is 2.20. The van der Waals surface area contributed by atoms with Gasteiger partial charge in [0.25, 0.3) is 0 Å². The van der Waals surface area contributed by atoms with Gasteiger partial charge in [-0.15, -0.1) is 0 Å². The second-order valence-corrected chi connectivity index (χ2v) is 13.4. The molecular formula is C37H65O10P. The molecule has 48 heavy (non-hydrogen) atoms. The van der Waals surface area contributed by atoms with E-state index in [0.717, 1.165) is 64.2 Å². The third-order valence-corrected chi connectivity index (χ3v) is 8.17. The van der Waals surface area contributed by atoms with E-state index < -0.39 is 51.8 Å². The zero-order valence-corrected chi connectivity index (χ0v) is 30.6. The first-order chi connectivity index (χ1) is 23.2. The van der Waals surface area contributed by atoms with Crippen LogP contribution in [-0.4, -0.2) is 65.7 Å². The molecule has 0 aliphatic rings. The van der Waals surface area contributed by atoms with E-state index in [1.807, 2.05) is 0 Å². The normalized spacial score (nSPS) is 14.7. The monoisotopic (exact) mass is 700 g/mol. The summed E-state index contributed by atoms with van der Waals surface area (Å²) in [6.07, 6.45) is 32.4. The quantitative estimate of drug-likeness (QED) is 0.0263. The predicted molar refractivity (Wildman–Crippen MR) is 191 cm³/mol. The Labute approximate surface area is 290 Å². The fourth-order valence-corrected chi connectivity index (χ4v) is 5.18. The molecule has 0 bridgehead atoms. The largest absolute Gasteiger partial charge is 0.472 e. The number of rotatable bonds is 33. The number of carbonyl (C=O) groups is 2. The molecule has 0 aromatic carbocycles. The van der Waals surface area contributed by atoms with Gasteiger partial charge in [0.15, 0.2) is 6.10 Å². The topological polar surface area (TPSA) is 149 Å². The number of carbonyl (C=O) groups excluding carboxylic acids is 2. The minimum Gasteiger partial charge on any atom is -0.462 e. The van der Waals surface area contributed by atoms with Gasteiger partial charge in [-0.3, -0.25) is 18.6 Å². The first kappa shape index (κ1) is 45.9. The van der Waals surface area contributed by atoms with Crippen molar-refractivity contribution in [3.8, 4) is 0 Å². The van der Waals surface area contributed by atoms with Crippen molar-refractivity contribution < 1.29 is 47.8 Å². The first-order valence-corrected chi connectivity index (χ1v) is 19.6. The Kier molecular flexibility index (Phi) is 32.0. The van der Waals surface area contributed by atoms with Crippen molar-refractivity contribution in [2.24, 2.45) is 0 Å². The lowest BCUT2D eigenvalue weighted by molar-refractivity contribution is -0.161. The number of aliphatic hydroxyl groups is 2. The Morgan fingerprint density at radius 2 is 1.12 bits per heavy atom. The number of unbranched alkanes of at least 4 members (excludes halogenated alkanes) is 11. The molecule has 3 atom stereocenters. The van der Waals surface area contributed by atoms with Gasteiger partial charge in [-0.25, -0.2) is 4.57 Å². The van der Waals surface area contributed by atoms with E-state index in [1.54, 1.807) is 0 Å². The van der Waals surface area contributed by atoms with E-state index in [0.29, 0.717) is 12.8 Å². The lowest BCUT2D eigenvalue weighted by Gasteiger charge is -2.20. The summed E-state index contributed by atoms with van der Waals surface area (Å²) in [5, 5.41) is 18.2. The third kappa shape index (κ3) is 32.5. The minimum atomic E-state index is -4.61. The molecule has 0 saturated heterocycles. The van der Waals surface area contributed by atoms with Crippen LogP contribution in [0.25, 0.3) is 0 Å². The number of hydrogen-bond acceptors (Lipinski definition) is 9. The molecule has 0 spiro atoms. The fraction of sp³-hybridized carbons (Fsp3) is 0.730. The molecule has 0 radical (unpaired) electrons. The maximum absolute atomic E-state index is 12.5. The van der Waals surface area contributed by atoms with Crippen molar-refractivity contribution in [2.45, 2.75) is 148 Å². The average Bonchev–Trinajstić information content (AvgIpc) is 3.07. The van der Waals surface area contributed by atoms with Crippen molar-refractivity contribution in [3.05, 3.63) is 48.6 Å². The molecule has 0 aliphatic carbocycles. The van der Waals surface area contributed by atoms with Gasteiger partial charge in [-0.1, -0.05) is 120 Å². The van der Waals surface area contributed by atoms with E-state index in [-0.39, 0.29) is 19.4 Å². The molecule has 0 saturated carbocycles. The van der Waals surface area contributed by atoms with Crippen LogP contribution in [0.4, 0.5) is 0 Å². The van der Waals surface area contributed by atoms with Gasteiger partial charge in [0.05, 0.1) is 19.8 Å². The summed E-state index contributed by atoms with van der Waals surface area (Å²) in [4.78, 5) is 34.6. The van der Waals surface area contributed by atoms with Crippen LogP contribution in [-0.2, 0) is 32.7 Å².